The highest BCUT2D eigenvalue weighted by atomic mass is 32.2. The summed E-state index contributed by atoms with van der Waals surface area (Å²) in [6.07, 6.45) is 6.73. The summed E-state index contributed by atoms with van der Waals surface area (Å²) in [6, 6.07) is 0. The van der Waals surface area contributed by atoms with E-state index >= 15 is 0 Å². The fourth-order valence-electron chi connectivity index (χ4n) is 2.23. The Kier molecular flexibility index (Phi) is 5.69. The first kappa shape index (κ1) is 14.4. The zero-order valence-electron chi connectivity index (χ0n) is 11.5. The van der Waals surface area contributed by atoms with E-state index < -0.39 is 0 Å². The molecule has 1 saturated heterocycles. The molecule has 1 aliphatic rings. The molecular weight excluding hydrogens is 260 g/mol. The van der Waals surface area contributed by atoms with Gasteiger partial charge in [0, 0.05) is 19.5 Å². The van der Waals surface area contributed by atoms with Gasteiger partial charge in [-0.3, -0.25) is 9.89 Å². The smallest absolute Gasteiger partial charge is 0.233 e. The molecule has 0 aromatic carbocycles. The normalized spacial score (nSPS) is 16.4. The van der Waals surface area contributed by atoms with Gasteiger partial charge >= 0.3 is 0 Å². The predicted octanol–water partition coefficient (Wildman–Crippen LogP) is 2.25. The van der Waals surface area contributed by atoms with Crippen molar-refractivity contribution in [2.75, 3.05) is 18.8 Å². The SMILES string of the molecule is CCCc1nc(SCC(=O)N2CCCCCC2)n[nH]1. The molecule has 0 radical (unpaired) electrons. The zero-order chi connectivity index (χ0) is 13.5. The highest BCUT2D eigenvalue weighted by molar-refractivity contribution is 7.99. The van der Waals surface area contributed by atoms with Crippen molar-refractivity contribution in [1.82, 2.24) is 20.1 Å². The summed E-state index contributed by atoms with van der Waals surface area (Å²) in [7, 11) is 0. The molecule has 1 aliphatic heterocycles. The Labute approximate surface area is 118 Å². The number of aromatic nitrogens is 3. The van der Waals surface area contributed by atoms with Gasteiger partial charge in [0.25, 0.3) is 0 Å². The molecule has 1 fully saturated rings. The quantitative estimate of drug-likeness (QED) is 0.841. The molecule has 19 heavy (non-hydrogen) atoms. The first-order valence-corrected chi connectivity index (χ1v) is 8.10. The maximum Gasteiger partial charge on any atom is 0.233 e. The molecule has 0 spiro atoms. The van der Waals surface area contributed by atoms with E-state index in [1.165, 1.54) is 24.6 Å². The van der Waals surface area contributed by atoms with Gasteiger partial charge in [0.2, 0.25) is 11.1 Å². The fraction of sp³-hybridized carbons (Fsp3) is 0.769. The molecule has 0 aliphatic carbocycles. The van der Waals surface area contributed by atoms with Crippen LogP contribution in [0.4, 0.5) is 0 Å². The summed E-state index contributed by atoms with van der Waals surface area (Å²) in [5, 5.41) is 7.73. The number of hydrogen-bond acceptors (Lipinski definition) is 4. The first-order valence-electron chi connectivity index (χ1n) is 7.11. The first-order chi connectivity index (χ1) is 9.29. The molecule has 6 heteroatoms. The number of carbonyl (C=O) groups is 1. The Bertz CT molecular complexity index is 399. The molecule has 1 amide bonds. The van der Waals surface area contributed by atoms with Crippen LogP contribution in [-0.4, -0.2) is 44.8 Å². The predicted molar refractivity (Wildman–Crippen MR) is 76.1 cm³/mol. The van der Waals surface area contributed by atoms with E-state index in [2.05, 4.69) is 22.1 Å². The van der Waals surface area contributed by atoms with Gasteiger partial charge in [-0.1, -0.05) is 31.5 Å². The molecule has 0 saturated carbocycles. The molecule has 0 atom stereocenters. The number of nitrogens with one attached hydrogen (secondary N) is 1. The van der Waals surface area contributed by atoms with Gasteiger partial charge in [0.05, 0.1) is 5.75 Å². The Morgan fingerprint density at radius 1 is 1.32 bits per heavy atom. The third kappa shape index (κ3) is 4.53. The number of aromatic amines is 1. The lowest BCUT2D eigenvalue weighted by Crippen LogP contribution is -2.33. The topological polar surface area (TPSA) is 61.9 Å². The number of hydrogen-bond donors (Lipinski definition) is 1. The molecule has 1 aromatic heterocycles. The van der Waals surface area contributed by atoms with Gasteiger partial charge in [0.15, 0.2) is 0 Å². The van der Waals surface area contributed by atoms with Crippen LogP contribution >= 0.6 is 11.8 Å². The summed E-state index contributed by atoms with van der Waals surface area (Å²) >= 11 is 1.43. The molecule has 0 unspecified atom stereocenters. The van der Waals surface area contributed by atoms with Crippen molar-refractivity contribution < 1.29 is 4.79 Å². The van der Waals surface area contributed by atoms with Crippen molar-refractivity contribution in [3.8, 4) is 0 Å². The second-order valence-corrected chi connectivity index (χ2v) is 5.84. The van der Waals surface area contributed by atoms with Crippen LogP contribution in [0.5, 0.6) is 0 Å². The monoisotopic (exact) mass is 282 g/mol. The molecule has 106 valence electrons. The molecule has 2 rings (SSSR count). The average molecular weight is 282 g/mol. The Hall–Kier alpha value is -1.04. The lowest BCUT2D eigenvalue weighted by molar-refractivity contribution is -0.128. The van der Waals surface area contributed by atoms with Crippen molar-refractivity contribution >= 4 is 17.7 Å². The van der Waals surface area contributed by atoms with Crippen molar-refractivity contribution in [3.63, 3.8) is 0 Å². The second kappa shape index (κ2) is 7.53. The van der Waals surface area contributed by atoms with Gasteiger partial charge in [0.1, 0.15) is 5.82 Å². The highest BCUT2D eigenvalue weighted by Crippen LogP contribution is 2.16. The number of H-pyrrole nitrogens is 1. The summed E-state index contributed by atoms with van der Waals surface area (Å²) in [4.78, 5) is 18.4. The Morgan fingerprint density at radius 3 is 2.74 bits per heavy atom. The van der Waals surface area contributed by atoms with Crippen LogP contribution in [0.1, 0.15) is 44.9 Å². The largest absolute Gasteiger partial charge is 0.342 e. The molecule has 0 bridgehead atoms. The average Bonchev–Trinajstić information content (AvgIpc) is 2.69. The Morgan fingerprint density at radius 2 is 2.05 bits per heavy atom. The standard InChI is InChI=1S/C13H22N4OS/c1-2-7-11-14-13(16-15-11)19-10-12(18)17-8-5-3-4-6-9-17/h2-10H2,1H3,(H,14,15,16). The zero-order valence-corrected chi connectivity index (χ0v) is 12.3. The van der Waals surface area contributed by atoms with Crippen LogP contribution in [-0.2, 0) is 11.2 Å². The summed E-state index contributed by atoms with van der Waals surface area (Å²) < 4.78 is 0. The summed E-state index contributed by atoms with van der Waals surface area (Å²) in [5.41, 5.74) is 0. The van der Waals surface area contributed by atoms with Crippen LogP contribution in [0.3, 0.4) is 0 Å². The maximum atomic E-state index is 12.1. The number of aryl methyl sites for hydroxylation is 1. The number of nitrogens with zero attached hydrogens (tertiary/aromatic N) is 3. The van der Waals surface area contributed by atoms with E-state index in [0.717, 1.165) is 44.6 Å². The van der Waals surface area contributed by atoms with E-state index in [1.54, 1.807) is 0 Å². The number of carbonyl (C=O) groups excluding carboxylic acids is 1. The lowest BCUT2D eigenvalue weighted by Gasteiger charge is -2.19. The minimum atomic E-state index is 0.216. The number of rotatable bonds is 5. The third-order valence-corrected chi connectivity index (χ3v) is 4.11. The van der Waals surface area contributed by atoms with Crippen LogP contribution in [0.25, 0.3) is 0 Å². The van der Waals surface area contributed by atoms with Crippen LogP contribution in [0.15, 0.2) is 5.16 Å². The van der Waals surface area contributed by atoms with E-state index in [4.69, 9.17) is 0 Å². The minimum absolute atomic E-state index is 0.216. The maximum absolute atomic E-state index is 12.1. The molecule has 1 N–H and O–H groups in total. The summed E-state index contributed by atoms with van der Waals surface area (Å²) in [6.45, 7) is 3.93. The number of amides is 1. The molecule has 1 aromatic rings. The van der Waals surface area contributed by atoms with E-state index in [1.807, 2.05) is 4.90 Å². The van der Waals surface area contributed by atoms with Crippen molar-refractivity contribution in [3.05, 3.63) is 5.82 Å². The van der Waals surface area contributed by atoms with Crippen LogP contribution in [0, 0.1) is 0 Å². The van der Waals surface area contributed by atoms with Gasteiger partial charge in [-0.05, 0) is 19.3 Å². The molecule has 5 nitrogen and oxygen atoms in total. The molecule has 2 heterocycles. The number of thioether (sulfide) groups is 1. The van der Waals surface area contributed by atoms with Crippen LogP contribution < -0.4 is 0 Å². The van der Waals surface area contributed by atoms with Crippen LogP contribution in [0.2, 0.25) is 0 Å². The van der Waals surface area contributed by atoms with Crippen molar-refractivity contribution in [1.29, 1.82) is 0 Å². The Balaban J connectivity index is 1.78. The van der Waals surface area contributed by atoms with Gasteiger partial charge in [-0.25, -0.2) is 4.98 Å². The summed E-state index contributed by atoms with van der Waals surface area (Å²) in [5.74, 6) is 1.57. The lowest BCUT2D eigenvalue weighted by atomic mass is 10.2. The van der Waals surface area contributed by atoms with Gasteiger partial charge < -0.3 is 4.90 Å². The molecular formula is C13H22N4OS. The van der Waals surface area contributed by atoms with E-state index in [0.29, 0.717) is 10.9 Å². The van der Waals surface area contributed by atoms with Crippen molar-refractivity contribution in [2.24, 2.45) is 0 Å². The minimum Gasteiger partial charge on any atom is -0.342 e. The fourth-order valence-corrected chi connectivity index (χ4v) is 2.95. The van der Waals surface area contributed by atoms with E-state index in [-0.39, 0.29) is 5.91 Å². The van der Waals surface area contributed by atoms with Crippen molar-refractivity contribution in [2.45, 2.75) is 50.6 Å². The third-order valence-electron chi connectivity index (χ3n) is 3.28. The highest BCUT2D eigenvalue weighted by Gasteiger charge is 2.16. The van der Waals surface area contributed by atoms with Gasteiger partial charge in [-0.2, -0.15) is 0 Å². The van der Waals surface area contributed by atoms with E-state index in [9.17, 15) is 4.79 Å². The number of likely N-dealkylation sites (tertiary alicyclic amines) is 1. The second-order valence-electron chi connectivity index (χ2n) is 4.90. The van der Waals surface area contributed by atoms with Gasteiger partial charge in [-0.15, -0.1) is 5.10 Å².